The Bertz CT molecular complexity index is 403. The summed E-state index contributed by atoms with van der Waals surface area (Å²) in [6.07, 6.45) is 11.9. The highest BCUT2D eigenvalue weighted by molar-refractivity contribution is 5.91. The van der Waals surface area contributed by atoms with Gasteiger partial charge in [0.1, 0.15) is 5.78 Å². The zero-order valence-electron chi connectivity index (χ0n) is 14.1. The molecule has 0 aromatic rings. The van der Waals surface area contributed by atoms with E-state index in [1.54, 1.807) is 0 Å². The van der Waals surface area contributed by atoms with Crippen LogP contribution in [0.5, 0.6) is 0 Å². The second-order valence-corrected chi connectivity index (χ2v) is 7.49. The van der Waals surface area contributed by atoms with E-state index in [4.69, 9.17) is 0 Å². The van der Waals surface area contributed by atoms with Gasteiger partial charge in [-0.15, -0.1) is 0 Å². The first-order valence-electron chi connectivity index (χ1n) is 9.06. The Balaban J connectivity index is 1.79. The van der Waals surface area contributed by atoms with Crippen molar-refractivity contribution in [3.05, 3.63) is 12.2 Å². The molecule has 0 saturated heterocycles. The number of fused-ring (bicyclic) bond motifs is 1. The normalized spacial score (nSPS) is 36.2. The minimum Gasteiger partial charge on any atom is -0.393 e. The van der Waals surface area contributed by atoms with E-state index in [1.165, 1.54) is 25.7 Å². The maximum Gasteiger partial charge on any atom is 0.139 e. The zero-order valence-corrected chi connectivity index (χ0v) is 14.1. The average molecular weight is 308 g/mol. The van der Waals surface area contributed by atoms with Crippen molar-refractivity contribution in [3.8, 4) is 0 Å². The lowest BCUT2D eigenvalue weighted by Gasteiger charge is -2.53. The lowest BCUT2D eigenvalue weighted by atomic mass is 9.50. The van der Waals surface area contributed by atoms with Crippen LogP contribution in [0.4, 0.5) is 0 Å². The van der Waals surface area contributed by atoms with Crippen LogP contribution >= 0.6 is 0 Å². The lowest BCUT2D eigenvalue weighted by molar-refractivity contribution is -0.157. The molecule has 0 unspecified atom stereocenters. The molecule has 0 spiro atoms. The number of aliphatic hydroxyl groups excluding tert-OH is 2. The van der Waals surface area contributed by atoms with Crippen molar-refractivity contribution in [1.82, 2.24) is 0 Å². The number of unbranched alkanes of at least 4 members (excludes halogenated alkanes) is 4. The molecular weight excluding hydrogens is 276 g/mol. The monoisotopic (exact) mass is 308 g/mol. The van der Waals surface area contributed by atoms with Gasteiger partial charge in [0.25, 0.3) is 0 Å². The first-order chi connectivity index (χ1) is 10.5. The molecule has 0 aromatic heterocycles. The molecule has 2 fully saturated rings. The number of carbonyl (C=O) groups is 1. The number of hydrogen-bond acceptors (Lipinski definition) is 3. The topological polar surface area (TPSA) is 57.5 Å². The van der Waals surface area contributed by atoms with E-state index in [2.05, 4.69) is 6.92 Å². The van der Waals surface area contributed by atoms with E-state index in [0.29, 0.717) is 18.6 Å². The third kappa shape index (κ3) is 3.80. The molecule has 22 heavy (non-hydrogen) atoms. The summed E-state index contributed by atoms with van der Waals surface area (Å²) in [7, 11) is 0. The average Bonchev–Trinajstić information content (AvgIpc) is 2.50. The largest absolute Gasteiger partial charge is 0.393 e. The van der Waals surface area contributed by atoms with Crippen LogP contribution in [-0.4, -0.2) is 28.2 Å². The Morgan fingerprint density at radius 1 is 1.32 bits per heavy atom. The van der Waals surface area contributed by atoms with E-state index in [1.807, 2.05) is 19.1 Å². The third-order valence-corrected chi connectivity index (χ3v) is 5.89. The Morgan fingerprint density at radius 2 is 2.05 bits per heavy atom. The van der Waals surface area contributed by atoms with Crippen molar-refractivity contribution in [3.63, 3.8) is 0 Å². The van der Waals surface area contributed by atoms with Crippen LogP contribution in [0.1, 0.15) is 71.6 Å². The van der Waals surface area contributed by atoms with Crippen LogP contribution in [0.3, 0.4) is 0 Å². The summed E-state index contributed by atoms with van der Waals surface area (Å²) in [5, 5.41) is 20.3. The fraction of sp³-hybridized carbons (Fsp3) is 0.842. The Hall–Kier alpha value is -0.670. The molecular formula is C19H32O3. The Labute approximate surface area is 134 Å². The number of ketones is 1. The fourth-order valence-electron chi connectivity index (χ4n) is 4.10. The fourth-order valence-corrected chi connectivity index (χ4v) is 4.10. The van der Waals surface area contributed by atoms with Crippen LogP contribution in [-0.2, 0) is 4.79 Å². The maximum absolute atomic E-state index is 11.8. The van der Waals surface area contributed by atoms with Crippen molar-refractivity contribution in [2.24, 2.45) is 17.3 Å². The molecule has 0 bridgehead atoms. The SMILES string of the molecule is CCCCCCC[C@H](O)C=C[C@@H]1[C@@H](O)CC[C@@]2(C)C(=O)C[C@@H]12. The smallest absolute Gasteiger partial charge is 0.139 e. The Kier molecular flexibility index (Phi) is 6.22. The molecule has 0 heterocycles. The van der Waals surface area contributed by atoms with Crippen molar-refractivity contribution in [2.75, 3.05) is 0 Å². The molecule has 126 valence electrons. The highest BCUT2D eigenvalue weighted by Gasteiger charge is 2.57. The predicted molar refractivity (Wildman–Crippen MR) is 88.5 cm³/mol. The van der Waals surface area contributed by atoms with E-state index in [9.17, 15) is 15.0 Å². The van der Waals surface area contributed by atoms with Gasteiger partial charge in [-0.25, -0.2) is 0 Å². The van der Waals surface area contributed by atoms with Gasteiger partial charge in [0, 0.05) is 17.8 Å². The van der Waals surface area contributed by atoms with Crippen LogP contribution in [0, 0.1) is 17.3 Å². The van der Waals surface area contributed by atoms with Crippen LogP contribution in [0.15, 0.2) is 12.2 Å². The van der Waals surface area contributed by atoms with Crippen LogP contribution in [0.25, 0.3) is 0 Å². The number of Topliss-reactive ketones (excluding diaryl/α,β-unsaturated/α-hetero) is 1. The van der Waals surface area contributed by atoms with Gasteiger partial charge < -0.3 is 10.2 Å². The standard InChI is InChI=1S/C19H32O3/c1-3-4-5-6-7-8-14(20)9-10-15-16-13-18(22)19(16,2)12-11-17(15)21/h9-10,14-17,20-21H,3-8,11-13H2,1-2H3/t14-,15-,16-,17-,19+/m0/s1. The zero-order chi connectivity index (χ0) is 16.2. The first kappa shape index (κ1) is 17.7. The van der Waals surface area contributed by atoms with E-state index < -0.39 is 6.10 Å². The second-order valence-electron chi connectivity index (χ2n) is 7.49. The summed E-state index contributed by atoms with van der Waals surface area (Å²) in [6.45, 7) is 4.24. The molecule has 2 rings (SSSR count). The molecule has 3 nitrogen and oxygen atoms in total. The molecule has 0 aliphatic heterocycles. The molecule has 2 aliphatic carbocycles. The number of carbonyl (C=O) groups excluding carboxylic acids is 1. The highest BCUT2D eigenvalue weighted by atomic mass is 16.3. The number of aliphatic hydroxyl groups is 2. The molecule has 0 amide bonds. The quantitative estimate of drug-likeness (QED) is 0.532. The van der Waals surface area contributed by atoms with Gasteiger partial charge in [0.05, 0.1) is 12.2 Å². The summed E-state index contributed by atoms with van der Waals surface area (Å²) in [4.78, 5) is 11.8. The van der Waals surface area contributed by atoms with Crippen molar-refractivity contribution >= 4 is 5.78 Å². The van der Waals surface area contributed by atoms with Crippen LogP contribution in [0.2, 0.25) is 0 Å². The van der Waals surface area contributed by atoms with Gasteiger partial charge in [0.2, 0.25) is 0 Å². The van der Waals surface area contributed by atoms with E-state index in [0.717, 1.165) is 19.3 Å². The van der Waals surface area contributed by atoms with Gasteiger partial charge in [-0.2, -0.15) is 0 Å². The van der Waals surface area contributed by atoms with Crippen LogP contribution < -0.4 is 0 Å². The van der Waals surface area contributed by atoms with Crippen molar-refractivity contribution < 1.29 is 15.0 Å². The van der Waals surface area contributed by atoms with E-state index >= 15 is 0 Å². The molecule has 3 heteroatoms. The molecule has 2 saturated carbocycles. The molecule has 2 N–H and O–H groups in total. The van der Waals surface area contributed by atoms with Crippen molar-refractivity contribution in [2.45, 2.75) is 83.8 Å². The van der Waals surface area contributed by atoms with Gasteiger partial charge >= 0.3 is 0 Å². The van der Waals surface area contributed by atoms with Gasteiger partial charge in [0.15, 0.2) is 0 Å². The minimum absolute atomic E-state index is 0.0335. The first-order valence-corrected chi connectivity index (χ1v) is 9.06. The minimum atomic E-state index is -0.419. The highest BCUT2D eigenvalue weighted by Crippen LogP contribution is 2.55. The summed E-state index contributed by atoms with van der Waals surface area (Å²) in [5.41, 5.74) is -0.223. The second kappa shape index (κ2) is 7.74. The van der Waals surface area contributed by atoms with Gasteiger partial charge in [-0.05, 0) is 25.2 Å². The third-order valence-electron chi connectivity index (χ3n) is 5.89. The van der Waals surface area contributed by atoms with Gasteiger partial charge in [-0.3, -0.25) is 4.79 Å². The molecule has 0 aromatic carbocycles. The summed E-state index contributed by atoms with van der Waals surface area (Å²) < 4.78 is 0. The summed E-state index contributed by atoms with van der Waals surface area (Å²) >= 11 is 0. The summed E-state index contributed by atoms with van der Waals surface area (Å²) in [5.74, 6) is 0.641. The maximum atomic E-state index is 11.8. The van der Waals surface area contributed by atoms with E-state index in [-0.39, 0.29) is 23.4 Å². The van der Waals surface area contributed by atoms with Crippen molar-refractivity contribution in [1.29, 1.82) is 0 Å². The molecule has 2 aliphatic rings. The number of hydrogen-bond donors (Lipinski definition) is 2. The summed E-state index contributed by atoms with van der Waals surface area (Å²) in [6, 6.07) is 0. The molecule has 0 radical (unpaired) electrons. The Morgan fingerprint density at radius 3 is 2.73 bits per heavy atom. The predicted octanol–water partition coefficient (Wildman–Crippen LogP) is 3.63. The number of rotatable bonds is 8. The van der Waals surface area contributed by atoms with Gasteiger partial charge in [-0.1, -0.05) is 58.1 Å². The molecule has 5 atom stereocenters. The lowest BCUT2D eigenvalue weighted by Crippen LogP contribution is -2.56.